The maximum absolute atomic E-state index is 12.9. The van der Waals surface area contributed by atoms with Crippen LogP contribution in [0.15, 0.2) is 34.0 Å². The van der Waals surface area contributed by atoms with E-state index in [1.165, 1.54) is 15.2 Å². The molecule has 4 aromatic rings. The lowest BCUT2D eigenvalue weighted by Crippen LogP contribution is -2.40. The third-order valence-electron chi connectivity index (χ3n) is 5.10. The molecule has 0 fully saturated rings. The number of carboxylic acid groups (broad SMARTS) is 1. The lowest BCUT2D eigenvalue weighted by atomic mass is 10.1. The Morgan fingerprint density at radius 1 is 1.09 bits per heavy atom. The highest BCUT2D eigenvalue weighted by Gasteiger charge is 2.20. The molecule has 32 heavy (non-hydrogen) atoms. The number of pyridine rings is 1. The minimum absolute atomic E-state index is 0.0524. The number of hydrogen-bond acceptors (Lipinski definition) is 6. The average Bonchev–Trinajstić information content (AvgIpc) is 3.41. The number of imidazole rings is 1. The molecule has 0 saturated carbocycles. The summed E-state index contributed by atoms with van der Waals surface area (Å²) in [6.45, 7) is 4.62. The number of nitrogens with zero attached hydrogens (tertiary/aromatic N) is 5. The van der Waals surface area contributed by atoms with Crippen molar-refractivity contribution in [2.75, 3.05) is 0 Å². The Labute approximate surface area is 181 Å². The number of aromatic nitrogens is 7. The van der Waals surface area contributed by atoms with Crippen LogP contribution in [-0.2, 0) is 19.5 Å². The van der Waals surface area contributed by atoms with Crippen LogP contribution in [0.2, 0.25) is 0 Å². The maximum atomic E-state index is 12.9. The minimum atomic E-state index is -1.11. The first kappa shape index (κ1) is 21.2. The molecule has 11 nitrogen and oxygen atoms in total. The minimum Gasteiger partial charge on any atom is -0.477 e. The van der Waals surface area contributed by atoms with E-state index in [1.807, 2.05) is 13.8 Å². The van der Waals surface area contributed by atoms with E-state index in [9.17, 15) is 14.4 Å². The van der Waals surface area contributed by atoms with Crippen molar-refractivity contribution in [2.45, 2.75) is 46.2 Å². The molecule has 0 unspecified atom stereocenters. The lowest BCUT2D eigenvalue weighted by Gasteiger charge is -2.09. The molecule has 0 spiro atoms. The molecule has 0 saturated heterocycles. The Balaban J connectivity index is 1.81. The molecule has 3 N–H and O–H groups in total. The zero-order valence-electron chi connectivity index (χ0n) is 17.8. The number of fused-ring (bicyclic) bond motifs is 1. The first-order valence-corrected chi connectivity index (χ1v) is 10.4. The largest absolute Gasteiger partial charge is 0.477 e. The van der Waals surface area contributed by atoms with Crippen molar-refractivity contribution >= 4 is 17.1 Å². The second-order valence-corrected chi connectivity index (χ2v) is 7.42. The summed E-state index contributed by atoms with van der Waals surface area (Å²) in [6, 6.07) is 4.76. The van der Waals surface area contributed by atoms with Gasteiger partial charge in [-0.15, -0.1) is 0 Å². The summed E-state index contributed by atoms with van der Waals surface area (Å²) in [4.78, 5) is 48.8. The third-order valence-corrected chi connectivity index (χ3v) is 5.10. The number of nitrogens with one attached hydrogen (secondary N) is 2. The van der Waals surface area contributed by atoms with Crippen LogP contribution in [0.25, 0.3) is 22.6 Å². The van der Waals surface area contributed by atoms with E-state index in [-0.39, 0.29) is 23.3 Å². The van der Waals surface area contributed by atoms with Crippen molar-refractivity contribution in [2.24, 2.45) is 0 Å². The molecular formula is C21H23N7O4. The van der Waals surface area contributed by atoms with E-state index in [0.29, 0.717) is 54.4 Å². The van der Waals surface area contributed by atoms with E-state index in [2.05, 4.69) is 25.1 Å². The molecule has 0 aliphatic carbocycles. The van der Waals surface area contributed by atoms with E-state index in [4.69, 9.17) is 5.11 Å². The van der Waals surface area contributed by atoms with Gasteiger partial charge < -0.3 is 10.1 Å². The van der Waals surface area contributed by atoms with E-state index < -0.39 is 11.5 Å². The smallest absolute Gasteiger partial charge is 0.354 e. The normalized spacial score (nSPS) is 11.3. The highest BCUT2D eigenvalue weighted by Crippen LogP contribution is 2.23. The summed E-state index contributed by atoms with van der Waals surface area (Å²) in [6.07, 6.45) is 3.27. The van der Waals surface area contributed by atoms with Crippen LogP contribution in [0.3, 0.4) is 0 Å². The third kappa shape index (κ3) is 3.72. The fourth-order valence-corrected chi connectivity index (χ4v) is 3.67. The zero-order valence-corrected chi connectivity index (χ0v) is 17.8. The van der Waals surface area contributed by atoms with E-state index in [1.54, 1.807) is 18.3 Å². The topological polar surface area (TPSA) is 152 Å². The van der Waals surface area contributed by atoms with Gasteiger partial charge in [0.25, 0.3) is 5.56 Å². The molecule has 0 amide bonds. The predicted molar refractivity (Wildman–Crippen MR) is 117 cm³/mol. The summed E-state index contributed by atoms with van der Waals surface area (Å²) in [5.74, 6) is -0.711. The predicted octanol–water partition coefficient (Wildman–Crippen LogP) is 1.78. The summed E-state index contributed by atoms with van der Waals surface area (Å²) in [5, 5.41) is 16.2. The number of H-pyrrole nitrogens is 2. The summed E-state index contributed by atoms with van der Waals surface area (Å²) in [5.41, 5.74) is 1.47. The van der Waals surface area contributed by atoms with Crippen LogP contribution >= 0.6 is 0 Å². The van der Waals surface area contributed by atoms with E-state index >= 15 is 0 Å². The molecule has 11 heteroatoms. The molecule has 0 bridgehead atoms. The molecule has 0 aliphatic heterocycles. The van der Waals surface area contributed by atoms with Crippen molar-refractivity contribution in [3.05, 3.63) is 62.3 Å². The standard InChI is InChI=1S/C21H23N7O4/c1-3-8-27-18-16(19(29)28(9-4-2)21(27)32)24-17(25-18)13-11-22-26-15(13)10-12-6-5-7-14(23-12)20(30)31/h5-7,11H,3-4,8-10H2,1-2H3,(H,22,26)(H,24,25)(H,30,31). The van der Waals surface area contributed by atoms with Gasteiger partial charge in [0.2, 0.25) is 0 Å². The van der Waals surface area contributed by atoms with Crippen molar-refractivity contribution in [1.82, 2.24) is 34.3 Å². The fraction of sp³-hybridized carbons (Fsp3) is 0.333. The van der Waals surface area contributed by atoms with Crippen LogP contribution in [0.5, 0.6) is 0 Å². The summed E-state index contributed by atoms with van der Waals surface area (Å²) >= 11 is 0. The molecule has 0 atom stereocenters. The Bertz CT molecular complexity index is 1410. The number of hydrogen-bond donors (Lipinski definition) is 3. The first-order chi connectivity index (χ1) is 15.4. The van der Waals surface area contributed by atoms with Gasteiger partial charge in [-0.1, -0.05) is 19.9 Å². The Morgan fingerprint density at radius 3 is 2.56 bits per heavy atom. The first-order valence-electron chi connectivity index (χ1n) is 10.4. The van der Waals surface area contributed by atoms with Gasteiger partial charge in [-0.3, -0.25) is 19.0 Å². The fourth-order valence-electron chi connectivity index (χ4n) is 3.67. The number of rotatable bonds is 8. The van der Waals surface area contributed by atoms with Crippen molar-refractivity contribution in [3.8, 4) is 11.4 Å². The second kappa shape index (κ2) is 8.61. The highest BCUT2D eigenvalue weighted by atomic mass is 16.4. The molecule has 166 valence electrons. The molecule has 4 aromatic heterocycles. The van der Waals surface area contributed by atoms with Crippen molar-refractivity contribution in [1.29, 1.82) is 0 Å². The van der Waals surface area contributed by atoms with Crippen LogP contribution in [0, 0.1) is 0 Å². The Morgan fingerprint density at radius 2 is 1.84 bits per heavy atom. The number of aromatic amines is 2. The van der Waals surface area contributed by atoms with Crippen LogP contribution in [0.4, 0.5) is 0 Å². The van der Waals surface area contributed by atoms with Crippen LogP contribution in [-0.4, -0.2) is 45.4 Å². The van der Waals surface area contributed by atoms with Crippen LogP contribution in [0.1, 0.15) is 48.6 Å². The molecular weight excluding hydrogens is 414 g/mol. The lowest BCUT2D eigenvalue weighted by molar-refractivity contribution is 0.0690. The SMILES string of the molecule is CCCn1c(=O)c2[nH]c(-c3c[nH]nc3Cc3cccc(C(=O)O)n3)nc2n(CCC)c1=O. The van der Waals surface area contributed by atoms with Gasteiger partial charge in [0.15, 0.2) is 5.65 Å². The number of aromatic carboxylic acids is 1. The quantitative estimate of drug-likeness (QED) is 0.380. The van der Waals surface area contributed by atoms with Gasteiger partial charge in [0, 0.05) is 31.4 Å². The van der Waals surface area contributed by atoms with Crippen molar-refractivity contribution < 1.29 is 9.90 Å². The summed E-state index contributed by atoms with van der Waals surface area (Å²) < 4.78 is 2.75. The number of carbonyl (C=O) groups is 1. The van der Waals surface area contributed by atoms with Gasteiger partial charge in [-0.2, -0.15) is 5.10 Å². The van der Waals surface area contributed by atoms with Gasteiger partial charge in [0.05, 0.1) is 11.3 Å². The number of aryl methyl sites for hydroxylation is 1. The van der Waals surface area contributed by atoms with Gasteiger partial charge in [0.1, 0.15) is 17.0 Å². The highest BCUT2D eigenvalue weighted by molar-refractivity contribution is 5.85. The van der Waals surface area contributed by atoms with Crippen LogP contribution < -0.4 is 11.2 Å². The molecule has 0 aromatic carbocycles. The summed E-state index contributed by atoms with van der Waals surface area (Å²) in [7, 11) is 0. The van der Waals surface area contributed by atoms with Gasteiger partial charge in [-0.25, -0.2) is 19.6 Å². The average molecular weight is 437 g/mol. The van der Waals surface area contributed by atoms with E-state index in [0.717, 1.165) is 0 Å². The molecule has 0 aliphatic rings. The second-order valence-electron chi connectivity index (χ2n) is 7.42. The van der Waals surface area contributed by atoms with Crippen molar-refractivity contribution in [3.63, 3.8) is 0 Å². The maximum Gasteiger partial charge on any atom is 0.354 e. The monoisotopic (exact) mass is 437 g/mol. The molecule has 4 rings (SSSR count). The zero-order chi connectivity index (χ0) is 22.8. The molecule has 0 radical (unpaired) electrons. The molecule has 4 heterocycles. The van der Waals surface area contributed by atoms with Gasteiger partial charge >= 0.3 is 11.7 Å². The van der Waals surface area contributed by atoms with Gasteiger partial charge in [-0.05, 0) is 25.0 Å². The Kier molecular flexibility index (Phi) is 5.71. The number of carboxylic acids is 1. The Hall–Kier alpha value is -4.02.